The van der Waals surface area contributed by atoms with Gasteiger partial charge in [0.05, 0.1) is 24.9 Å². The highest BCUT2D eigenvalue weighted by Gasteiger charge is 2.41. The second kappa shape index (κ2) is 6.58. The average Bonchev–Trinajstić information content (AvgIpc) is 2.86. The second-order valence-corrected chi connectivity index (χ2v) is 4.09. The van der Waals surface area contributed by atoms with Crippen molar-refractivity contribution in [3.8, 4) is 11.6 Å². The van der Waals surface area contributed by atoms with E-state index in [1.165, 1.54) is 6.20 Å². The van der Waals surface area contributed by atoms with Gasteiger partial charge in [-0.05, 0) is 13.8 Å². The third-order valence-corrected chi connectivity index (χ3v) is 2.49. The van der Waals surface area contributed by atoms with Crippen LogP contribution >= 0.6 is 0 Å². The van der Waals surface area contributed by atoms with Crippen LogP contribution < -0.4 is 15.0 Å². The number of fused-ring (bicyclic) bond motifs is 1. The Labute approximate surface area is 128 Å². The van der Waals surface area contributed by atoms with Crippen LogP contribution in [0.5, 0.6) is 11.6 Å². The summed E-state index contributed by atoms with van der Waals surface area (Å²) in [5.74, 6) is -2.13. The molecule has 0 aliphatic carbocycles. The molecule has 0 spiro atoms. The highest BCUT2D eigenvalue weighted by molar-refractivity contribution is 5.76. The first-order valence-corrected chi connectivity index (χ1v) is 6.55. The smallest absolute Gasteiger partial charge is 0.488 e. The summed E-state index contributed by atoms with van der Waals surface area (Å²) >= 11 is 0. The van der Waals surface area contributed by atoms with E-state index in [1.807, 2.05) is 5.48 Å². The summed E-state index contributed by atoms with van der Waals surface area (Å²) in [6.45, 7) is 4.19. The Hall–Kier alpha value is -2.72. The van der Waals surface area contributed by atoms with Gasteiger partial charge in [0.1, 0.15) is 0 Å². The maximum Gasteiger partial charge on any atom is 0.493 e. The quantitative estimate of drug-likeness (QED) is 0.808. The van der Waals surface area contributed by atoms with Gasteiger partial charge in [-0.25, -0.2) is 9.78 Å². The highest BCUT2D eigenvalue weighted by Crippen LogP contribution is 2.27. The number of imidazole rings is 1. The lowest BCUT2D eigenvalue weighted by Crippen LogP contribution is -2.28. The maximum atomic E-state index is 12.1. The molecule has 0 amide bonds. The summed E-state index contributed by atoms with van der Waals surface area (Å²) in [5, 5.41) is 4.06. The zero-order valence-electron chi connectivity index (χ0n) is 12.2. The topological polar surface area (TPSA) is 87.0 Å². The van der Waals surface area contributed by atoms with E-state index in [-0.39, 0.29) is 11.8 Å². The Morgan fingerprint density at radius 1 is 1.30 bits per heavy atom. The predicted octanol–water partition coefficient (Wildman–Crippen LogP) is 1.96. The molecule has 11 heteroatoms. The molecule has 0 atom stereocenters. The molecule has 0 bridgehead atoms. The highest BCUT2D eigenvalue weighted by atomic mass is 19.4. The zero-order valence-corrected chi connectivity index (χ0v) is 12.2. The van der Waals surface area contributed by atoms with Crippen LogP contribution in [-0.2, 0) is 9.63 Å². The molecule has 0 saturated carbocycles. The fourth-order valence-corrected chi connectivity index (χ4v) is 1.61. The Balaban J connectivity index is 2.28. The molecule has 2 rings (SSSR count). The van der Waals surface area contributed by atoms with Crippen molar-refractivity contribution >= 4 is 17.4 Å². The minimum absolute atomic E-state index is 0.130. The van der Waals surface area contributed by atoms with Gasteiger partial charge in [0.15, 0.2) is 5.75 Å². The van der Waals surface area contributed by atoms with Gasteiger partial charge in [-0.15, -0.1) is 5.10 Å². The molecule has 0 unspecified atom stereocenters. The number of nitrogens with one attached hydrogen (secondary N) is 1. The molecule has 23 heavy (non-hydrogen) atoms. The van der Waals surface area contributed by atoms with E-state index in [9.17, 15) is 18.0 Å². The predicted molar refractivity (Wildman–Crippen MR) is 71.1 cm³/mol. The Kier molecular flexibility index (Phi) is 4.77. The van der Waals surface area contributed by atoms with Crippen molar-refractivity contribution in [2.45, 2.75) is 20.0 Å². The number of anilines is 1. The van der Waals surface area contributed by atoms with Crippen LogP contribution in [-0.4, -0.2) is 40.0 Å². The summed E-state index contributed by atoms with van der Waals surface area (Å²) in [6, 6.07) is 1.55. The lowest BCUT2D eigenvalue weighted by atomic mass is 10.4. The van der Waals surface area contributed by atoms with Gasteiger partial charge in [0.2, 0.25) is 0 Å². The van der Waals surface area contributed by atoms with Crippen molar-refractivity contribution in [1.29, 1.82) is 0 Å². The van der Waals surface area contributed by atoms with Crippen LogP contribution in [0.25, 0.3) is 5.52 Å². The van der Waals surface area contributed by atoms with Crippen molar-refractivity contribution in [3.05, 3.63) is 12.3 Å². The number of nitrogens with zero attached hydrogens (tertiary/aromatic N) is 3. The van der Waals surface area contributed by atoms with Gasteiger partial charge in [-0.1, -0.05) is 0 Å². The average molecular weight is 334 g/mol. The van der Waals surface area contributed by atoms with Crippen molar-refractivity contribution in [3.63, 3.8) is 0 Å². The minimum atomic E-state index is -5.12. The van der Waals surface area contributed by atoms with Crippen LogP contribution in [0, 0.1) is 0 Å². The summed E-state index contributed by atoms with van der Waals surface area (Å²) in [7, 11) is 0. The molecule has 0 radical (unpaired) electrons. The molecule has 126 valence electrons. The van der Waals surface area contributed by atoms with Crippen molar-refractivity contribution in [2.24, 2.45) is 0 Å². The number of halogens is 3. The summed E-state index contributed by atoms with van der Waals surface area (Å²) in [6.07, 6.45) is -3.80. The fraction of sp³-hybridized carbons (Fsp3) is 0.417. The van der Waals surface area contributed by atoms with E-state index >= 15 is 0 Å². The van der Waals surface area contributed by atoms with Crippen molar-refractivity contribution in [2.75, 3.05) is 18.7 Å². The number of ether oxygens (including phenoxy) is 2. The van der Waals surface area contributed by atoms with Crippen molar-refractivity contribution in [1.82, 2.24) is 14.6 Å². The Bertz CT molecular complexity index is 701. The Morgan fingerprint density at radius 2 is 2.00 bits per heavy atom. The summed E-state index contributed by atoms with van der Waals surface area (Å²) in [4.78, 5) is 18.4. The monoisotopic (exact) mass is 334 g/mol. The standard InChI is InChI=1S/C12H13F3N4O4/c1-3-21-8-5-7-6-16-11(18-23-10(20)12(13,14)15)19(7)17-9(8)22-4-2/h5-6H,3-4H2,1-2H3,(H,16,18). The van der Waals surface area contributed by atoms with Gasteiger partial charge < -0.3 is 14.3 Å². The molecule has 2 aromatic rings. The lowest BCUT2D eigenvalue weighted by molar-refractivity contribution is -0.196. The normalized spacial score (nSPS) is 11.3. The van der Waals surface area contributed by atoms with E-state index in [0.717, 1.165) is 4.52 Å². The van der Waals surface area contributed by atoms with Crippen LogP contribution in [0.3, 0.4) is 0 Å². The van der Waals surface area contributed by atoms with Gasteiger partial charge in [0, 0.05) is 6.07 Å². The molecule has 8 nitrogen and oxygen atoms in total. The molecule has 0 aromatic carbocycles. The van der Waals surface area contributed by atoms with E-state index in [1.54, 1.807) is 19.9 Å². The first-order chi connectivity index (χ1) is 10.9. The van der Waals surface area contributed by atoms with E-state index < -0.39 is 12.1 Å². The molecule has 0 aliphatic rings. The number of aromatic nitrogens is 3. The number of rotatable bonds is 6. The molecular formula is C12H13F3N4O4. The SMILES string of the molecule is CCOc1cc2cnc(NOC(=O)C(F)(F)F)n2nc1OCC. The minimum Gasteiger partial charge on any atom is -0.488 e. The molecule has 0 aliphatic heterocycles. The van der Waals surface area contributed by atoms with Crippen LogP contribution in [0.2, 0.25) is 0 Å². The van der Waals surface area contributed by atoms with Crippen LogP contribution in [0.15, 0.2) is 12.3 Å². The molecule has 1 N–H and O–H groups in total. The van der Waals surface area contributed by atoms with Gasteiger partial charge in [-0.3, -0.25) is 0 Å². The Morgan fingerprint density at radius 3 is 2.61 bits per heavy atom. The largest absolute Gasteiger partial charge is 0.493 e. The maximum absolute atomic E-state index is 12.1. The zero-order chi connectivity index (χ0) is 17.0. The van der Waals surface area contributed by atoms with E-state index in [0.29, 0.717) is 24.5 Å². The van der Waals surface area contributed by atoms with E-state index in [2.05, 4.69) is 14.9 Å². The first-order valence-electron chi connectivity index (χ1n) is 6.55. The van der Waals surface area contributed by atoms with Gasteiger partial charge >= 0.3 is 12.1 Å². The third-order valence-electron chi connectivity index (χ3n) is 2.49. The number of hydrogen-bond acceptors (Lipinski definition) is 7. The molecule has 2 heterocycles. The molecule has 0 saturated heterocycles. The van der Waals surface area contributed by atoms with Gasteiger partial charge in [0.25, 0.3) is 11.8 Å². The first kappa shape index (κ1) is 16.6. The lowest BCUT2D eigenvalue weighted by Gasteiger charge is -2.11. The van der Waals surface area contributed by atoms with E-state index in [4.69, 9.17) is 9.47 Å². The fourth-order valence-electron chi connectivity index (χ4n) is 1.61. The molecule has 0 fully saturated rings. The summed E-state index contributed by atoms with van der Waals surface area (Å²) in [5.41, 5.74) is 2.22. The van der Waals surface area contributed by atoms with Crippen molar-refractivity contribution < 1.29 is 32.3 Å². The number of hydrogen-bond donors (Lipinski definition) is 1. The molecule has 2 aromatic heterocycles. The van der Waals surface area contributed by atoms with Gasteiger partial charge in [-0.2, -0.15) is 23.2 Å². The number of alkyl halides is 3. The third kappa shape index (κ3) is 3.73. The number of carbonyl (C=O) groups is 1. The van der Waals surface area contributed by atoms with Crippen LogP contribution in [0.4, 0.5) is 19.1 Å². The summed E-state index contributed by atoms with van der Waals surface area (Å²) < 4.78 is 48.1. The molecular weight excluding hydrogens is 321 g/mol. The second-order valence-electron chi connectivity index (χ2n) is 4.09. The van der Waals surface area contributed by atoms with Crippen LogP contribution in [0.1, 0.15) is 13.8 Å². The number of carbonyl (C=O) groups excluding carboxylic acids is 1.